The van der Waals surface area contributed by atoms with Crippen LogP contribution >= 0.6 is 0 Å². The molecule has 110 valence electrons. The number of amides is 1. The molecule has 0 aromatic rings. The number of hydrogen-bond acceptors (Lipinski definition) is 3. The van der Waals surface area contributed by atoms with Gasteiger partial charge in [-0.1, -0.05) is 12.8 Å². The highest BCUT2D eigenvalue weighted by Crippen LogP contribution is 2.24. The second kappa shape index (κ2) is 7.85. The van der Waals surface area contributed by atoms with Gasteiger partial charge in [0.15, 0.2) is 0 Å². The van der Waals surface area contributed by atoms with Crippen LogP contribution in [-0.4, -0.2) is 31.2 Å². The van der Waals surface area contributed by atoms with Crippen LogP contribution in [0.1, 0.15) is 57.8 Å². The van der Waals surface area contributed by atoms with Crippen LogP contribution in [-0.2, 0) is 9.53 Å². The van der Waals surface area contributed by atoms with Crippen LogP contribution in [0.25, 0.3) is 0 Å². The first-order valence-electron chi connectivity index (χ1n) is 7.90. The Kier molecular flexibility index (Phi) is 6.11. The normalized spacial score (nSPS) is 28.5. The quantitative estimate of drug-likeness (QED) is 0.724. The van der Waals surface area contributed by atoms with Gasteiger partial charge >= 0.3 is 0 Å². The lowest BCUT2D eigenvalue weighted by molar-refractivity contribution is -0.124. The molecule has 0 aromatic heterocycles. The van der Waals surface area contributed by atoms with Crippen LogP contribution in [0, 0.1) is 5.92 Å². The van der Waals surface area contributed by atoms with E-state index < -0.39 is 0 Å². The Morgan fingerprint density at radius 2 is 1.79 bits per heavy atom. The summed E-state index contributed by atoms with van der Waals surface area (Å²) in [6, 6.07) is 0.380. The van der Waals surface area contributed by atoms with E-state index in [0.29, 0.717) is 12.1 Å². The first kappa shape index (κ1) is 14.8. The summed E-state index contributed by atoms with van der Waals surface area (Å²) in [7, 11) is 0. The maximum atomic E-state index is 11.8. The molecular formula is C15H28N2O2. The molecule has 2 rings (SSSR count). The van der Waals surface area contributed by atoms with Gasteiger partial charge in [0.25, 0.3) is 0 Å². The van der Waals surface area contributed by atoms with Crippen molar-refractivity contribution in [2.24, 2.45) is 11.7 Å². The molecule has 19 heavy (non-hydrogen) atoms. The Labute approximate surface area is 116 Å². The van der Waals surface area contributed by atoms with Crippen LogP contribution in [0.5, 0.6) is 0 Å². The summed E-state index contributed by atoms with van der Waals surface area (Å²) in [6.07, 6.45) is 10.2. The molecule has 3 N–H and O–H groups in total. The van der Waals surface area contributed by atoms with Crippen molar-refractivity contribution >= 4 is 5.91 Å². The van der Waals surface area contributed by atoms with E-state index in [0.717, 1.165) is 58.1 Å². The monoisotopic (exact) mass is 268 g/mol. The van der Waals surface area contributed by atoms with Crippen LogP contribution in [0.4, 0.5) is 0 Å². The van der Waals surface area contributed by atoms with Gasteiger partial charge in [0, 0.05) is 25.1 Å². The third kappa shape index (κ3) is 5.11. The second-order valence-electron chi connectivity index (χ2n) is 6.03. The van der Waals surface area contributed by atoms with Gasteiger partial charge in [0.1, 0.15) is 0 Å². The largest absolute Gasteiger partial charge is 0.378 e. The van der Waals surface area contributed by atoms with Gasteiger partial charge in [0.05, 0.1) is 6.10 Å². The Hall–Kier alpha value is -0.610. The molecule has 2 saturated carbocycles. The van der Waals surface area contributed by atoms with Gasteiger partial charge in [-0.25, -0.2) is 0 Å². The fraction of sp³-hybridized carbons (Fsp3) is 0.933. The highest BCUT2D eigenvalue weighted by atomic mass is 16.5. The summed E-state index contributed by atoms with van der Waals surface area (Å²) in [5.41, 5.74) is 5.86. The van der Waals surface area contributed by atoms with E-state index in [1.807, 2.05) is 0 Å². The molecule has 2 aliphatic carbocycles. The van der Waals surface area contributed by atoms with Gasteiger partial charge in [0.2, 0.25) is 5.91 Å². The second-order valence-corrected chi connectivity index (χ2v) is 6.03. The summed E-state index contributed by atoms with van der Waals surface area (Å²) >= 11 is 0. The van der Waals surface area contributed by atoms with E-state index in [4.69, 9.17) is 10.5 Å². The van der Waals surface area contributed by atoms with Crippen LogP contribution in [0.3, 0.4) is 0 Å². The Balaban J connectivity index is 1.46. The molecule has 0 spiro atoms. The number of carbonyl (C=O) groups is 1. The lowest BCUT2D eigenvalue weighted by Crippen LogP contribution is -2.32. The third-order valence-electron chi connectivity index (χ3n) is 4.42. The highest BCUT2D eigenvalue weighted by molar-refractivity contribution is 5.78. The fourth-order valence-electron chi connectivity index (χ4n) is 3.12. The van der Waals surface area contributed by atoms with Gasteiger partial charge in [-0.15, -0.1) is 0 Å². The smallest absolute Gasteiger partial charge is 0.223 e. The van der Waals surface area contributed by atoms with Crippen molar-refractivity contribution in [3.05, 3.63) is 0 Å². The number of nitrogens with two attached hydrogens (primary N) is 1. The molecule has 0 heterocycles. The predicted octanol–water partition coefficient (Wildman–Crippen LogP) is 1.97. The maximum absolute atomic E-state index is 11.8. The van der Waals surface area contributed by atoms with Crippen LogP contribution in [0.15, 0.2) is 0 Å². The first-order chi connectivity index (χ1) is 9.25. The average Bonchev–Trinajstić information content (AvgIpc) is 2.94. The molecule has 0 unspecified atom stereocenters. The number of ether oxygens (including phenoxy) is 1. The summed E-state index contributed by atoms with van der Waals surface area (Å²) < 4.78 is 5.83. The zero-order chi connectivity index (χ0) is 13.5. The van der Waals surface area contributed by atoms with E-state index in [9.17, 15) is 4.79 Å². The summed E-state index contributed by atoms with van der Waals surface area (Å²) in [5.74, 6) is 0.530. The van der Waals surface area contributed by atoms with Crippen molar-refractivity contribution < 1.29 is 9.53 Å². The van der Waals surface area contributed by atoms with Gasteiger partial charge in [-0.2, -0.15) is 0 Å². The van der Waals surface area contributed by atoms with Crippen molar-refractivity contribution in [2.75, 3.05) is 13.2 Å². The molecule has 0 atom stereocenters. The topological polar surface area (TPSA) is 64.3 Å². The van der Waals surface area contributed by atoms with Crippen LogP contribution in [0.2, 0.25) is 0 Å². The number of carbonyl (C=O) groups excluding carboxylic acids is 1. The minimum atomic E-state index is 0.251. The molecular weight excluding hydrogens is 240 g/mol. The van der Waals surface area contributed by atoms with E-state index in [1.165, 1.54) is 12.8 Å². The Morgan fingerprint density at radius 3 is 2.47 bits per heavy atom. The minimum Gasteiger partial charge on any atom is -0.378 e. The van der Waals surface area contributed by atoms with E-state index in [1.54, 1.807) is 0 Å². The number of rotatable bonds is 6. The summed E-state index contributed by atoms with van der Waals surface area (Å²) in [5, 5.41) is 3.03. The molecule has 2 aliphatic rings. The zero-order valence-corrected chi connectivity index (χ0v) is 11.9. The molecule has 0 aliphatic heterocycles. The predicted molar refractivity (Wildman–Crippen MR) is 75.8 cm³/mol. The zero-order valence-electron chi connectivity index (χ0n) is 11.9. The lowest BCUT2D eigenvalue weighted by atomic mass is 9.94. The molecule has 1 amide bonds. The molecule has 2 fully saturated rings. The summed E-state index contributed by atoms with van der Waals surface area (Å²) in [4.78, 5) is 11.8. The van der Waals surface area contributed by atoms with Crippen molar-refractivity contribution in [2.45, 2.75) is 69.9 Å². The van der Waals surface area contributed by atoms with E-state index >= 15 is 0 Å². The molecule has 0 radical (unpaired) electrons. The molecule has 4 nitrogen and oxygen atoms in total. The number of hydrogen-bond donors (Lipinski definition) is 2. The average molecular weight is 268 g/mol. The van der Waals surface area contributed by atoms with Gasteiger partial charge < -0.3 is 15.8 Å². The molecule has 4 heteroatoms. The summed E-state index contributed by atoms with van der Waals surface area (Å²) in [6.45, 7) is 1.51. The highest BCUT2D eigenvalue weighted by Gasteiger charge is 2.22. The van der Waals surface area contributed by atoms with Crippen molar-refractivity contribution in [3.8, 4) is 0 Å². The van der Waals surface area contributed by atoms with Crippen molar-refractivity contribution in [1.82, 2.24) is 5.32 Å². The number of nitrogens with one attached hydrogen (secondary N) is 1. The van der Waals surface area contributed by atoms with Crippen molar-refractivity contribution in [3.63, 3.8) is 0 Å². The first-order valence-corrected chi connectivity index (χ1v) is 7.90. The van der Waals surface area contributed by atoms with Crippen molar-refractivity contribution in [1.29, 1.82) is 0 Å². The Morgan fingerprint density at radius 1 is 1.11 bits per heavy atom. The van der Waals surface area contributed by atoms with Gasteiger partial charge in [-0.05, 0) is 44.9 Å². The molecule has 0 saturated heterocycles. The molecule has 0 bridgehead atoms. The standard InChI is InChI=1S/C15H28N2O2/c16-13-6-8-14(9-7-13)19-11-3-10-17-15(18)12-4-1-2-5-12/h12-14H,1-11,16H2,(H,17,18). The van der Waals surface area contributed by atoms with E-state index in [-0.39, 0.29) is 11.8 Å². The maximum Gasteiger partial charge on any atom is 0.223 e. The fourth-order valence-corrected chi connectivity index (χ4v) is 3.12. The van der Waals surface area contributed by atoms with Crippen LogP contribution < -0.4 is 11.1 Å². The Bertz CT molecular complexity index is 269. The third-order valence-corrected chi connectivity index (χ3v) is 4.42. The molecule has 0 aromatic carbocycles. The lowest BCUT2D eigenvalue weighted by Gasteiger charge is -2.26. The minimum absolute atomic E-state index is 0.251. The SMILES string of the molecule is NC1CCC(OCCCNC(=O)C2CCCC2)CC1. The van der Waals surface area contributed by atoms with Gasteiger partial charge in [-0.3, -0.25) is 4.79 Å². The van der Waals surface area contributed by atoms with E-state index in [2.05, 4.69) is 5.32 Å².